The average Bonchev–Trinajstić information content (AvgIpc) is 3.34. The van der Waals surface area contributed by atoms with Gasteiger partial charge in [0.1, 0.15) is 16.9 Å². The SMILES string of the molecule is COc1ccc(CN2CC3=c4c(nnnc4=C(N4CCCC4)N2)CC3)cc1. The second-order valence-corrected chi connectivity index (χ2v) is 7.42. The average molecular weight is 364 g/mol. The number of nitrogens with one attached hydrogen (secondary N) is 1. The second-order valence-electron chi connectivity index (χ2n) is 7.42. The number of hydrogen-bond donors (Lipinski definition) is 1. The molecule has 5 rings (SSSR count). The summed E-state index contributed by atoms with van der Waals surface area (Å²) in [6, 6.07) is 8.28. The van der Waals surface area contributed by atoms with Gasteiger partial charge in [-0.15, -0.1) is 10.2 Å². The Morgan fingerprint density at radius 2 is 1.89 bits per heavy atom. The Morgan fingerprint density at radius 3 is 2.67 bits per heavy atom. The normalized spacial score (nSPS) is 19.1. The lowest BCUT2D eigenvalue weighted by Crippen LogP contribution is -2.46. The highest BCUT2D eigenvalue weighted by Gasteiger charge is 2.26. The summed E-state index contributed by atoms with van der Waals surface area (Å²) in [5.74, 6) is 1.97. The number of nitrogens with zero attached hydrogens (tertiary/aromatic N) is 5. The smallest absolute Gasteiger partial charge is 0.145 e. The zero-order valence-corrected chi connectivity index (χ0v) is 15.6. The van der Waals surface area contributed by atoms with Gasteiger partial charge in [-0.3, -0.25) is 0 Å². The molecule has 0 spiro atoms. The van der Waals surface area contributed by atoms with E-state index in [0.717, 1.165) is 61.6 Å². The van der Waals surface area contributed by atoms with Gasteiger partial charge in [-0.25, -0.2) is 5.01 Å². The Labute approximate surface area is 158 Å². The zero-order chi connectivity index (χ0) is 18.2. The molecule has 0 amide bonds. The fourth-order valence-electron chi connectivity index (χ4n) is 4.30. The molecule has 0 unspecified atom stereocenters. The standard InChI is InChI=1S/C20H24N6O/c1-27-16-7-4-14(5-8-16)12-26-13-15-6-9-17-18(15)19(22-24-21-17)20(23-26)25-10-2-3-11-25/h4-5,7-8,23H,2-3,6,9-13H2,1H3. The molecule has 1 N–H and O–H groups in total. The number of likely N-dealkylation sites (tertiary alicyclic amines) is 1. The van der Waals surface area contributed by atoms with E-state index in [1.807, 2.05) is 12.1 Å². The van der Waals surface area contributed by atoms with E-state index in [9.17, 15) is 0 Å². The van der Waals surface area contributed by atoms with Crippen LogP contribution in [0.25, 0.3) is 11.4 Å². The van der Waals surface area contributed by atoms with Crippen molar-refractivity contribution in [3.63, 3.8) is 0 Å². The first-order chi connectivity index (χ1) is 13.3. The van der Waals surface area contributed by atoms with Crippen LogP contribution >= 0.6 is 0 Å². The topological polar surface area (TPSA) is 66.4 Å². The predicted octanol–water partition coefficient (Wildman–Crippen LogP) is 0.159. The van der Waals surface area contributed by atoms with E-state index in [-0.39, 0.29) is 0 Å². The van der Waals surface area contributed by atoms with Gasteiger partial charge < -0.3 is 15.1 Å². The number of rotatable bonds is 4. The second kappa shape index (κ2) is 6.81. The fourth-order valence-corrected chi connectivity index (χ4v) is 4.30. The molecule has 1 aromatic heterocycles. The van der Waals surface area contributed by atoms with Crippen LogP contribution in [-0.2, 0) is 13.0 Å². The van der Waals surface area contributed by atoms with Crippen molar-refractivity contribution in [1.82, 2.24) is 30.7 Å². The Balaban J connectivity index is 1.54. The summed E-state index contributed by atoms with van der Waals surface area (Å²) in [5, 5.41) is 17.3. The number of hydrazine groups is 1. The summed E-state index contributed by atoms with van der Waals surface area (Å²) in [4.78, 5) is 2.41. The monoisotopic (exact) mass is 364 g/mol. The minimum Gasteiger partial charge on any atom is -0.497 e. The maximum atomic E-state index is 5.28. The quantitative estimate of drug-likeness (QED) is 0.829. The van der Waals surface area contributed by atoms with Crippen molar-refractivity contribution < 1.29 is 4.74 Å². The van der Waals surface area contributed by atoms with Crippen LogP contribution in [0, 0.1) is 0 Å². The molecule has 7 heteroatoms. The van der Waals surface area contributed by atoms with E-state index < -0.39 is 0 Å². The molecule has 7 nitrogen and oxygen atoms in total. The lowest BCUT2D eigenvalue weighted by Gasteiger charge is -2.29. The number of aromatic nitrogens is 3. The highest BCUT2D eigenvalue weighted by molar-refractivity contribution is 5.56. The summed E-state index contributed by atoms with van der Waals surface area (Å²) in [7, 11) is 1.70. The van der Waals surface area contributed by atoms with E-state index in [1.54, 1.807) is 7.11 Å². The molecule has 3 heterocycles. The maximum absolute atomic E-state index is 5.28. The van der Waals surface area contributed by atoms with Gasteiger partial charge in [0.05, 0.1) is 12.8 Å². The summed E-state index contributed by atoms with van der Waals surface area (Å²) in [6.45, 7) is 3.81. The van der Waals surface area contributed by atoms with Gasteiger partial charge in [-0.05, 0) is 54.2 Å². The predicted molar refractivity (Wildman–Crippen MR) is 102 cm³/mol. The van der Waals surface area contributed by atoms with Crippen LogP contribution in [0.3, 0.4) is 0 Å². The van der Waals surface area contributed by atoms with Crippen molar-refractivity contribution in [2.75, 3.05) is 26.7 Å². The number of ether oxygens (including phenoxy) is 1. The molecule has 1 aliphatic carbocycles. The molecule has 27 heavy (non-hydrogen) atoms. The molecule has 2 aliphatic heterocycles. The first-order valence-corrected chi connectivity index (χ1v) is 9.66. The largest absolute Gasteiger partial charge is 0.497 e. The van der Waals surface area contributed by atoms with Crippen molar-refractivity contribution in [2.24, 2.45) is 0 Å². The van der Waals surface area contributed by atoms with Gasteiger partial charge in [-0.1, -0.05) is 12.1 Å². The first-order valence-electron chi connectivity index (χ1n) is 9.66. The van der Waals surface area contributed by atoms with Gasteiger partial charge in [0, 0.05) is 31.4 Å². The van der Waals surface area contributed by atoms with Crippen molar-refractivity contribution in [3.8, 4) is 5.75 Å². The summed E-state index contributed by atoms with van der Waals surface area (Å²) in [5.41, 5.74) is 7.44. The number of aryl methyl sites for hydroxylation is 1. The highest BCUT2D eigenvalue weighted by atomic mass is 16.5. The summed E-state index contributed by atoms with van der Waals surface area (Å²) in [6.07, 6.45) is 4.45. The third-order valence-corrected chi connectivity index (χ3v) is 5.68. The third kappa shape index (κ3) is 3.02. The van der Waals surface area contributed by atoms with Gasteiger partial charge in [-0.2, -0.15) is 0 Å². The lowest BCUT2D eigenvalue weighted by molar-refractivity contribution is 0.224. The Hall–Kier alpha value is -2.67. The van der Waals surface area contributed by atoms with E-state index >= 15 is 0 Å². The van der Waals surface area contributed by atoms with Crippen LogP contribution in [0.1, 0.15) is 30.5 Å². The van der Waals surface area contributed by atoms with Crippen molar-refractivity contribution >= 4 is 11.4 Å². The number of methoxy groups -OCH3 is 1. The molecule has 0 saturated carbocycles. The van der Waals surface area contributed by atoms with Crippen LogP contribution in [-0.4, -0.2) is 52.1 Å². The van der Waals surface area contributed by atoms with Gasteiger partial charge in [0.15, 0.2) is 0 Å². The lowest BCUT2D eigenvalue weighted by atomic mass is 10.2. The minimum atomic E-state index is 0.814. The molecular weight excluding hydrogens is 340 g/mol. The Bertz CT molecular complexity index is 965. The molecule has 1 fully saturated rings. The molecule has 3 aliphatic rings. The van der Waals surface area contributed by atoms with Gasteiger partial charge in [0.25, 0.3) is 0 Å². The van der Waals surface area contributed by atoms with E-state index in [1.165, 1.54) is 29.2 Å². The third-order valence-electron chi connectivity index (χ3n) is 5.68. The van der Waals surface area contributed by atoms with Crippen LogP contribution in [0.15, 0.2) is 24.3 Å². The summed E-state index contributed by atoms with van der Waals surface area (Å²) < 4.78 is 5.28. The Morgan fingerprint density at radius 1 is 1.07 bits per heavy atom. The van der Waals surface area contributed by atoms with Crippen LogP contribution in [0.2, 0.25) is 0 Å². The maximum Gasteiger partial charge on any atom is 0.145 e. The van der Waals surface area contributed by atoms with Crippen LogP contribution < -0.4 is 20.7 Å². The van der Waals surface area contributed by atoms with E-state index in [2.05, 4.69) is 42.9 Å². The minimum absolute atomic E-state index is 0.814. The zero-order valence-electron chi connectivity index (χ0n) is 15.6. The number of hydrogen-bond acceptors (Lipinski definition) is 7. The molecule has 0 radical (unpaired) electrons. The van der Waals surface area contributed by atoms with Crippen LogP contribution in [0.4, 0.5) is 0 Å². The van der Waals surface area contributed by atoms with E-state index in [4.69, 9.17) is 4.74 Å². The molecule has 1 saturated heterocycles. The molecule has 0 bridgehead atoms. The molecule has 140 valence electrons. The summed E-state index contributed by atoms with van der Waals surface area (Å²) >= 11 is 0. The number of benzene rings is 1. The molecule has 2 aromatic rings. The van der Waals surface area contributed by atoms with Crippen molar-refractivity contribution in [1.29, 1.82) is 0 Å². The molecular formula is C20H24N6O. The van der Waals surface area contributed by atoms with Gasteiger partial charge in [0.2, 0.25) is 0 Å². The Kier molecular flexibility index (Phi) is 4.16. The van der Waals surface area contributed by atoms with Crippen molar-refractivity contribution in [2.45, 2.75) is 32.2 Å². The van der Waals surface area contributed by atoms with Crippen LogP contribution in [0.5, 0.6) is 5.75 Å². The molecule has 1 aromatic carbocycles. The molecule has 0 atom stereocenters. The first kappa shape index (κ1) is 16.5. The highest BCUT2D eigenvalue weighted by Crippen LogP contribution is 2.20. The van der Waals surface area contributed by atoms with Gasteiger partial charge >= 0.3 is 0 Å². The fraction of sp³-hybridized carbons (Fsp3) is 0.450. The van der Waals surface area contributed by atoms with Crippen molar-refractivity contribution in [3.05, 3.63) is 46.1 Å². The van der Waals surface area contributed by atoms with E-state index in [0.29, 0.717) is 0 Å².